The molecule has 0 aromatic heterocycles. The third kappa shape index (κ3) is 3.74. The van der Waals surface area contributed by atoms with Crippen molar-refractivity contribution in [2.45, 2.75) is 27.7 Å². The smallest absolute Gasteiger partial charge is 0.0102 e. The van der Waals surface area contributed by atoms with Crippen LogP contribution in [0.2, 0.25) is 0 Å². The minimum atomic E-state index is 0.552. The van der Waals surface area contributed by atoms with Gasteiger partial charge in [0.2, 0.25) is 0 Å². The van der Waals surface area contributed by atoms with Crippen molar-refractivity contribution in [1.29, 1.82) is 0 Å². The standard InChI is InChI=1S/C25H26/c1-17(2)20(5)14-18(3)10-13-24-19(4)11-12-23-15-21-8-6-7-9-22(21)16-25(23)24/h6-17H,3H2,1-2,4-5H3/b13-10-,20-14+. The summed E-state index contributed by atoms with van der Waals surface area (Å²) >= 11 is 0. The van der Waals surface area contributed by atoms with E-state index in [1.165, 1.54) is 38.2 Å². The van der Waals surface area contributed by atoms with Gasteiger partial charge in [-0.3, -0.25) is 0 Å². The van der Waals surface area contributed by atoms with E-state index in [1.54, 1.807) is 0 Å². The average molecular weight is 326 g/mol. The van der Waals surface area contributed by atoms with Crippen LogP contribution >= 0.6 is 0 Å². The predicted molar refractivity (Wildman–Crippen MR) is 113 cm³/mol. The molecule has 126 valence electrons. The van der Waals surface area contributed by atoms with Gasteiger partial charge in [0.1, 0.15) is 0 Å². The lowest BCUT2D eigenvalue weighted by Gasteiger charge is -2.09. The molecule has 3 aromatic carbocycles. The number of hydrogen-bond donors (Lipinski definition) is 0. The molecule has 0 N–H and O–H groups in total. The molecule has 0 heteroatoms. The van der Waals surface area contributed by atoms with E-state index in [-0.39, 0.29) is 0 Å². The summed E-state index contributed by atoms with van der Waals surface area (Å²) in [6, 6.07) is 17.5. The first kappa shape index (κ1) is 17.2. The molecule has 0 atom stereocenters. The van der Waals surface area contributed by atoms with Gasteiger partial charge in [-0.2, -0.15) is 0 Å². The molecular weight excluding hydrogens is 300 g/mol. The van der Waals surface area contributed by atoms with Crippen LogP contribution in [-0.4, -0.2) is 0 Å². The van der Waals surface area contributed by atoms with E-state index in [1.807, 2.05) is 0 Å². The molecule has 0 aliphatic rings. The Bertz CT molecular complexity index is 997. The van der Waals surface area contributed by atoms with Gasteiger partial charge in [-0.05, 0) is 70.1 Å². The third-order valence-electron chi connectivity index (χ3n) is 4.93. The Morgan fingerprint density at radius 2 is 1.64 bits per heavy atom. The zero-order valence-corrected chi connectivity index (χ0v) is 15.6. The van der Waals surface area contributed by atoms with Crippen molar-refractivity contribution < 1.29 is 0 Å². The molecule has 0 fully saturated rings. The summed E-state index contributed by atoms with van der Waals surface area (Å²) in [6.45, 7) is 12.9. The first-order chi connectivity index (χ1) is 12.0. The minimum Gasteiger partial charge on any atom is -0.0918 e. The molecule has 0 unspecified atom stereocenters. The largest absolute Gasteiger partial charge is 0.0918 e. The van der Waals surface area contributed by atoms with Crippen molar-refractivity contribution in [2.75, 3.05) is 0 Å². The van der Waals surface area contributed by atoms with Gasteiger partial charge >= 0.3 is 0 Å². The van der Waals surface area contributed by atoms with E-state index in [9.17, 15) is 0 Å². The number of hydrogen-bond acceptors (Lipinski definition) is 0. The Morgan fingerprint density at radius 1 is 0.960 bits per heavy atom. The maximum Gasteiger partial charge on any atom is -0.0102 e. The molecular formula is C25H26. The summed E-state index contributed by atoms with van der Waals surface area (Å²) in [5.74, 6) is 0.552. The summed E-state index contributed by atoms with van der Waals surface area (Å²) in [4.78, 5) is 0. The lowest BCUT2D eigenvalue weighted by molar-refractivity contribution is 0.769. The zero-order valence-electron chi connectivity index (χ0n) is 15.6. The average Bonchev–Trinajstić information content (AvgIpc) is 2.59. The molecule has 0 saturated heterocycles. The van der Waals surface area contributed by atoms with Gasteiger partial charge < -0.3 is 0 Å². The highest BCUT2D eigenvalue weighted by Gasteiger charge is 2.04. The molecule has 0 nitrogen and oxygen atoms in total. The van der Waals surface area contributed by atoms with Crippen molar-refractivity contribution >= 4 is 27.6 Å². The molecule has 0 spiro atoms. The number of aryl methyl sites for hydroxylation is 1. The number of fused-ring (bicyclic) bond motifs is 2. The fraction of sp³-hybridized carbons (Fsp3) is 0.200. The van der Waals surface area contributed by atoms with Gasteiger partial charge in [-0.25, -0.2) is 0 Å². The molecule has 0 amide bonds. The number of benzene rings is 3. The van der Waals surface area contributed by atoms with Crippen molar-refractivity contribution in [3.8, 4) is 0 Å². The Balaban J connectivity index is 2.07. The second kappa shape index (κ2) is 7.11. The maximum absolute atomic E-state index is 4.19. The Kier molecular flexibility index (Phi) is 4.90. The lowest BCUT2D eigenvalue weighted by atomic mass is 9.95. The van der Waals surface area contributed by atoms with Crippen LogP contribution in [0.15, 0.2) is 78.4 Å². The number of allylic oxidation sites excluding steroid dienone is 4. The van der Waals surface area contributed by atoms with Gasteiger partial charge in [0, 0.05) is 0 Å². The first-order valence-corrected chi connectivity index (χ1v) is 8.93. The van der Waals surface area contributed by atoms with Crippen LogP contribution in [0.4, 0.5) is 0 Å². The second-order valence-corrected chi connectivity index (χ2v) is 7.17. The van der Waals surface area contributed by atoms with Crippen LogP contribution in [0.5, 0.6) is 0 Å². The molecule has 0 bridgehead atoms. The Morgan fingerprint density at radius 3 is 2.32 bits per heavy atom. The molecule has 3 rings (SSSR count). The van der Waals surface area contributed by atoms with Gasteiger partial charge in [0.25, 0.3) is 0 Å². The molecule has 0 aliphatic carbocycles. The maximum atomic E-state index is 4.19. The molecule has 0 radical (unpaired) electrons. The van der Waals surface area contributed by atoms with E-state index in [0.717, 1.165) is 5.57 Å². The lowest BCUT2D eigenvalue weighted by Crippen LogP contribution is -1.89. The van der Waals surface area contributed by atoms with Crippen LogP contribution in [-0.2, 0) is 0 Å². The van der Waals surface area contributed by atoms with Crippen molar-refractivity contribution in [2.24, 2.45) is 5.92 Å². The normalized spacial score (nSPS) is 12.6. The molecule has 0 saturated carbocycles. The first-order valence-electron chi connectivity index (χ1n) is 8.93. The predicted octanol–water partition coefficient (Wildman–Crippen LogP) is 7.47. The van der Waals surface area contributed by atoms with Crippen LogP contribution in [0.3, 0.4) is 0 Å². The van der Waals surface area contributed by atoms with Crippen molar-refractivity contribution in [1.82, 2.24) is 0 Å². The van der Waals surface area contributed by atoms with Gasteiger partial charge in [-0.1, -0.05) is 80.6 Å². The monoisotopic (exact) mass is 326 g/mol. The van der Waals surface area contributed by atoms with Gasteiger partial charge in [0.05, 0.1) is 0 Å². The van der Waals surface area contributed by atoms with Gasteiger partial charge in [0.15, 0.2) is 0 Å². The zero-order chi connectivity index (χ0) is 18.0. The third-order valence-corrected chi connectivity index (χ3v) is 4.93. The van der Waals surface area contributed by atoms with E-state index in [4.69, 9.17) is 0 Å². The Labute approximate surface area is 151 Å². The highest BCUT2D eigenvalue weighted by molar-refractivity contribution is 6.02. The fourth-order valence-corrected chi connectivity index (χ4v) is 3.06. The molecule has 0 heterocycles. The van der Waals surface area contributed by atoms with Crippen LogP contribution in [0.25, 0.3) is 27.6 Å². The Hall–Kier alpha value is -2.60. The molecule has 25 heavy (non-hydrogen) atoms. The second-order valence-electron chi connectivity index (χ2n) is 7.17. The topological polar surface area (TPSA) is 0 Å². The fourth-order valence-electron chi connectivity index (χ4n) is 3.06. The van der Waals surface area contributed by atoms with E-state index >= 15 is 0 Å². The van der Waals surface area contributed by atoms with E-state index in [2.05, 4.69) is 101 Å². The minimum absolute atomic E-state index is 0.552. The summed E-state index contributed by atoms with van der Waals surface area (Å²) in [5, 5.41) is 5.15. The molecule has 3 aromatic rings. The summed E-state index contributed by atoms with van der Waals surface area (Å²) in [7, 11) is 0. The quantitative estimate of drug-likeness (QED) is 0.344. The van der Waals surface area contributed by atoms with E-state index in [0.29, 0.717) is 5.92 Å². The van der Waals surface area contributed by atoms with Crippen LogP contribution < -0.4 is 0 Å². The summed E-state index contributed by atoms with van der Waals surface area (Å²) in [5.41, 5.74) is 4.97. The highest BCUT2D eigenvalue weighted by Crippen LogP contribution is 2.28. The van der Waals surface area contributed by atoms with E-state index < -0.39 is 0 Å². The van der Waals surface area contributed by atoms with Crippen LogP contribution in [0.1, 0.15) is 31.9 Å². The van der Waals surface area contributed by atoms with Crippen LogP contribution in [0, 0.1) is 12.8 Å². The SMILES string of the molecule is C=C(/C=C\c1c(C)ccc2cc3ccccc3cc12)/C=C(\C)C(C)C. The number of rotatable bonds is 4. The molecule has 0 aliphatic heterocycles. The highest BCUT2D eigenvalue weighted by atomic mass is 14.1. The van der Waals surface area contributed by atoms with Gasteiger partial charge in [-0.15, -0.1) is 0 Å². The summed E-state index contributed by atoms with van der Waals surface area (Å²) in [6.07, 6.45) is 6.51. The summed E-state index contributed by atoms with van der Waals surface area (Å²) < 4.78 is 0. The van der Waals surface area contributed by atoms with Crippen molar-refractivity contribution in [3.05, 3.63) is 89.5 Å². The van der Waals surface area contributed by atoms with Crippen molar-refractivity contribution in [3.63, 3.8) is 0 Å².